The first-order chi connectivity index (χ1) is 8.78. The zero-order chi connectivity index (χ0) is 14.2. The van der Waals surface area contributed by atoms with Gasteiger partial charge in [-0.1, -0.05) is 0 Å². The third kappa shape index (κ3) is 3.10. The molecule has 102 valence electrons. The fourth-order valence-electron chi connectivity index (χ4n) is 1.83. The molecule has 4 nitrogen and oxygen atoms in total. The maximum Gasteiger partial charge on any atom is 0.251 e. The van der Waals surface area contributed by atoms with Crippen LogP contribution in [0.15, 0.2) is 23.1 Å². The molecule has 1 N–H and O–H groups in total. The highest BCUT2D eigenvalue weighted by Crippen LogP contribution is 2.35. The van der Waals surface area contributed by atoms with E-state index >= 15 is 0 Å². The van der Waals surface area contributed by atoms with Crippen molar-refractivity contribution in [3.63, 3.8) is 0 Å². The van der Waals surface area contributed by atoms with E-state index in [1.807, 2.05) is 26.8 Å². The number of amides is 2. The highest BCUT2D eigenvalue weighted by atomic mass is 32.2. The Morgan fingerprint density at radius 1 is 1.37 bits per heavy atom. The Kier molecular flexibility index (Phi) is 3.58. The number of rotatable bonds is 1. The van der Waals surface area contributed by atoms with Gasteiger partial charge in [-0.25, -0.2) is 0 Å². The Morgan fingerprint density at radius 2 is 2.05 bits per heavy atom. The topological polar surface area (TPSA) is 49.4 Å². The first-order valence-electron chi connectivity index (χ1n) is 6.14. The zero-order valence-electron chi connectivity index (χ0n) is 11.6. The van der Waals surface area contributed by atoms with E-state index in [9.17, 15) is 9.59 Å². The van der Waals surface area contributed by atoms with Gasteiger partial charge < -0.3 is 10.2 Å². The van der Waals surface area contributed by atoms with Crippen molar-refractivity contribution >= 4 is 29.3 Å². The van der Waals surface area contributed by atoms with Crippen LogP contribution in [0.1, 0.15) is 31.1 Å². The lowest BCUT2D eigenvalue weighted by Gasteiger charge is -2.26. The fourth-order valence-corrected chi connectivity index (χ4v) is 2.81. The van der Waals surface area contributed by atoms with Crippen LogP contribution in [-0.2, 0) is 4.79 Å². The predicted octanol–water partition coefficient (Wildman–Crippen LogP) is 2.28. The lowest BCUT2D eigenvalue weighted by molar-refractivity contribution is -0.116. The Morgan fingerprint density at radius 3 is 2.68 bits per heavy atom. The minimum Gasteiger partial charge on any atom is -0.347 e. The summed E-state index contributed by atoms with van der Waals surface area (Å²) in [6.45, 7) is 5.82. The molecule has 1 aliphatic rings. The second-order valence-electron chi connectivity index (χ2n) is 5.63. The maximum absolute atomic E-state index is 12.1. The number of anilines is 1. The van der Waals surface area contributed by atoms with E-state index in [1.54, 1.807) is 24.1 Å². The van der Waals surface area contributed by atoms with Gasteiger partial charge in [0.15, 0.2) is 0 Å². The summed E-state index contributed by atoms with van der Waals surface area (Å²) < 4.78 is 0. The zero-order valence-corrected chi connectivity index (χ0v) is 12.4. The normalized spacial score (nSPS) is 15.2. The van der Waals surface area contributed by atoms with Gasteiger partial charge >= 0.3 is 0 Å². The van der Waals surface area contributed by atoms with E-state index in [1.165, 1.54) is 11.8 Å². The van der Waals surface area contributed by atoms with E-state index in [-0.39, 0.29) is 17.4 Å². The van der Waals surface area contributed by atoms with Crippen molar-refractivity contribution in [3.05, 3.63) is 23.8 Å². The van der Waals surface area contributed by atoms with Gasteiger partial charge in [-0.3, -0.25) is 9.59 Å². The van der Waals surface area contributed by atoms with Crippen molar-refractivity contribution in [2.45, 2.75) is 31.2 Å². The molecule has 0 saturated carbocycles. The van der Waals surface area contributed by atoms with Gasteiger partial charge in [0.1, 0.15) is 0 Å². The standard InChI is InChI=1S/C14H18N2O2S/c1-14(2,3)15-13(18)9-5-6-11-10(7-9)16(4)12(17)8-19-11/h5-7H,8H2,1-4H3,(H,15,18). The molecule has 0 spiro atoms. The molecule has 2 amide bonds. The molecular weight excluding hydrogens is 260 g/mol. The lowest BCUT2D eigenvalue weighted by atomic mass is 10.1. The second-order valence-corrected chi connectivity index (χ2v) is 6.65. The van der Waals surface area contributed by atoms with Crippen LogP contribution in [0.5, 0.6) is 0 Å². The number of fused-ring (bicyclic) bond motifs is 1. The van der Waals surface area contributed by atoms with Crippen molar-refractivity contribution in [1.82, 2.24) is 5.32 Å². The van der Waals surface area contributed by atoms with E-state index < -0.39 is 0 Å². The van der Waals surface area contributed by atoms with Crippen molar-refractivity contribution in [1.29, 1.82) is 0 Å². The number of nitrogens with zero attached hydrogens (tertiary/aromatic N) is 1. The molecule has 19 heavy (non-hydrogen) atoms. The number of benzene rings is 1. The molecule has 0 aromatic heterocycles. The molecule has 0 bridgehead atoms. The first kappa shape index (κ1) is 13.9. The molecule has 0 aliphatic carbocycles. The quantitative estimate of drug-likeness (QED) is 0.857. The number of carbonyl (C=O) groups excluding carboxylic acids is 2. The summed E-state index contributed by atoms with van der Waals surface area (Å²) in [5.41, 5.74) is 1.11. The molecule has 0 saturated heterocycles. The van der Waals surface area contributed by atoms with E-state index in [4.69, 9.17) is 0 Å². The minimum atomic E-state index is -0.274. The molecule has 0 radical (unpaired) electrons. The van der Waals surface area contributed by atoms with Gasteiger partial charge in [-0.15, -0.1) is 11.8 Å². The third-order valence-corrected chi connectivity index (χ3v) is 3.84. The highest BCUT2D eigenvalue weighted by molar-refractivity contribution is 8.00. The lowest BCUT2D eigenvalue weighted by Crippen LogP contribution is -2.40. The number of hydrogen-bond acceptors (Lipinski definition) is 3. The monoisotopic (exact) mass is 278 g/mol. The maximum atomic E-state index is 12.1. The van der Waals surface area contributed by atoms with Gasteiger partial charge in [0.2, 0.25) is 5.91 Å². The van der Waals surface area contributed by atoms with Gasteiger partial charge in [0, 0.05) is 23.0 Å². The predicted molar refractivity (Wildman–Crippen MR) is 77.8 cm³/mol. The van der Waals surface area contributed by atoms with Crippen LogP contribution in [0, 0.1) is 0 Å². The molecule has 0 fully saturated rings. The summed E-state index contributed by atoms with van der Waals surface area (Å²) >= 11 is 1.51. The Hall–Kier alpha value is -1.49. The van der Waals surface area contributed by atoms with E-state index in [0.717, 1.165) is 10.6 Å². The first-order valence-corrected chi connectivity index (χ1v) is 7.12. The molecule has 2 rings (SSSR count). The minimum absolute atomic E-state index is 0.0610. The Labute approximate surface area is 117 Å². The van der Waals surface area contributed by atoms with Crippen LogP contribution < -0.4 is 10.2 Å². The van der Waals surface area contributed by atoms with Crippen LogP contribution >= 0.6 is 11.8 Å². The van der Waals surface area contributed by atoms with Crippen LogP contribution in [-0.4, -0.2) is 30.2 Å². The van der Waals surface area contributed by atoms with Crippen molar-refractivity contribution in [3.8, 4) is 0 Å². The Bertz CT molecular complexity index is 535. The molecule has 0 atom stereocenters. The molecule has 1 heterocycles. The number of hydrogen-bond donors (Lipinski definition) is 1. The average Bonchev–Trinajstić information content (AvgIpc) is 2.31. The van der Waals surface area contributed by atoms with Crippen LogP contribution in [0.2, 0.25) is 0 Å². The third-order valence-electron chi connectivity index (χ3n) is 2.80. The average molecular weight is 278 g/mol. The van der Waals surface area contributed by atoms with E-state index in [0.29, 0.717) is 11.3 Å². The molecule has 1 aromatic carbocycles. The number of nitrogens with one attached hydrogen (secondary N) is 1. The Balaban J connectivity index is 2.30. The molecule has 5 heteroatoms. The fraction of sp³-hybridized carbons (Fsp3) is 0.429. The number of thioether (sulfide) groups is 1. The van der Waals surface area contributed by atoms with Gasteiger partial charge in [-0.05, 0) is 39.0 Å². The van der Waals surface area contributed by atoms with Crippen molar-refractivity contribution < 1.29 is 9.59 Å². The van der Waals surface area contributed by atoms with Crippen molar-refractivity contribution in [2.75, 3.05) is 17.7 Å². The van der Waals surface area contributed by atoms with Gasteiger partial charge in [0.05, 0.1) is 11.4 Å². The molecule has 0 unspecified atom stereocenters. The largest absolute Gasteiger partial charge is 0.347 e. The molecular formula is C14H18N2O2S. The summed E-state index contributed by atoms with van der Waals surface area (Å²) in [5.74, 6) is 0.398. The molecule has 1 aliphatic heterocycles. The second kappa shape index (κ2) is 4.89. The van der Waals surface area contributed by atoms with Crippen LogP contribution in [0.4, 0.5) is 5.69 Å². The summed E-state index contributed by atoms with van der Waals surface area (Å²) in [4.78, 5) is 26.4. The van der Waals surface area contributed by atoms with Crippen LogP contribution in [0.25, 0.3) is 0 Å². The summed E-state index contributed by atoms with van der Waals surface area (Å²) in [7, 11) is 1.74. The van der Waals surface area contributed by atoms with Gasteiger partial charge in [-0.2, -0.15) is 0 Å². The summed E-state index contributed by atoms with van der Waals surface area (Å²) in [5, 5.41) is 2.92. The summed E-state index contributed by atoms with van der Waals surface area (Å²) in [6.07, 6.45) is 0. The van der Waals surface area contributed by atoms with E-state index in [2.05, 4.69) is 5.32 Å². The van der Waals surface area contributed by atoms with Crippen molar-refractivity contribution in [2.24, 2.45) is 0 Å². The number of carbonyl (C=O) groups is 2. The highest BCUT2D eigenvalue weighted by Gasteiger charge is 2.23. The van der Waals surface area contributed by atoms with Gasteiger partial charge in [0.25, 0.3) is 5.91 Å². The van der Waals surface area contributed by atoms with Crippen LogP contribution in [0.3, 0.4) is 0 Å². The smallest absolute Gasteiger partial charge is 0.251 e. The SMILES string of the molecule is CN1C(=O)CSc2ccc(C(=O)NC(C)(C)C)cc21. The molecule has 1 aromatic rings. The summed E-state index contributed by atoms with van der Waals surface area (Å²) in [6, 6.07) is 5.48.